The quantitative estimate of drug-likeness (QED) is 0.256. The third-order valence-electron chi connectivity index (χ3n) is 6.81. The molecule has 0 radical (unpaired) electrons. The fourth-order valence-electron chi connectivity index (χ4n) is 4.75. The number of nitrogens with two attached hydrogens (primary N) is 2. The molecule has 7 heteroatoms. The van der Waals surface area contributed by atoms with Crippen LogP contribution in [0.4, 0.5) is 0 Å². The Morgan fingerprint density at radius 3 is 2.71 bits per heavy atom. The van der Waals surface area contributed by atoms with Gasteiger partial charge in [0.05, 0.1) is 32.9 Å². The molecule has 5 nitrogen and oxygen atoms in total. The average Bonchev–Trinajstić information content (AvgIpc) is 3.56. The summed E-state index contributed by atoms with van der Waals surface area (Å²) in [6.07, 6.45) is 5.21. The van der Waals surface area contributed by atoms with Crippen LogP contribution < -0.4 is 11.6 Å². The van der Waals surface area contributed by atoms with Crippen molar-refractivity contribution in [1.82, 2.24) is 14.9 Å². The SMILES string of the molecule is C=C(C(C(C)C)N(N)/C=C(\N)c1ccc(C(C)CC)s1)N1CCCC1c1nc2ccccc2s1. The first-order chi connectivity index (χ1) is 16.3. The van der Waals surface area contributed by atoms with Crippen molar-refractivity contribution in [2.45, 2.75) is 65.0 Å². The summed E-state index contributed by atoms with van der Waals surface area (Å²) < 4.78 is 1.24. The van der Waals surface area contributed by atoms with Crippen LogP contribution in [0.5, 0.6) is 0 Å². The molecule has 1 aliphatic heterocycles. The molecule has 34 heavy (non-hydrogen) atoms. The average molecular weight is 496 g/mol. The normalized spacial score (nSPS) is 18.6. The number of likely N-dealkylation sites (tertiary alicyclic amines) is 1. The molecule has 0 aliphatic carbocycles. The molecule has 4 rings (SSSR count). The predicted molar refractivity (Wildman–Crippen MR) is 147 cm³/mol. The summed E-state index contributed by atoms with van der Waals surface area (Å²) in [6, 6.07) is 12.8. The zero-order valence-corrected chi connectivity index (χ0v) is 22.3. The maximum Gasteiger partial charge on any atom is 0.116 e. The Morgan fingerprint density at radius 2 is 2.00 bits per heavy atom. The molecule has 0 saturated carbocycles. The molecule has 0 bridgehead atoms. The lowest BCUT2D eigenvalue weighted by atomic mass is 9.99. The third-order valence-corrected chi connectivity index (χ3v) is 9.31. The van der Waals surface area contributed by atoms with Crippen LogP contribution in [0, 0.1) is 5.92 Å². The highest BCUT2D eigenvalue weighted by molar-refractivity contribution is 7.18. The van der Waals surface area contributed by atoms with Crippen molar-refractivity contribution in [2.75, 3.05) is 6.54 Å². The lowest BCUT2D eigenvalue weighted by Gasteiger charge is -2.38. The second kappa shape index (κ2) is 10.5. The molecule has 3 atom stereocenters. The number of benzene rings is 1. The van der Waals surface area contributed by atoms with Crippen LogP contribution in [-0.2, 0) is 0 Å². The van der Waals surface area contributed by atoms with Gasteiger partial charge in [-0.2, -0.15) is 0 Å². The summed E-state index contributed by atoms with van der Waals surface area (Å²) >= 11 is 3.54. The molecule has 0 amide bonds. The minimum atomic E-state index is -0.0532. The van der Waals surface area contributed by atoms with Crippen LogP contribution in [0.1, 0.15) is 73.7 Å². The van der Waals surface area contributed by atoms with E-state index in [4.69, 9.17) is 16.6 Å². The number of para-hydroxylation sites is 1. The number of hydrogen-bond acceptors (Lipinski definition) is 7. The van der Waals surface area contributed by atoms with E-state index >= 15 is 0 Å². The van der Waals surface area contributed by atoms with Crippen LogP contribution in [-0.4, -0.2) is 27.5 Å². The number of aromatic nitrogens is 1. The second-order valence-corrected chi connectivity index (χ2v) is 11.8. The van der Waals surface area contributed by atoms with Crippen LogP contribution >= 0.6 is 22.7 Å². The van der Waals surface area contributed by atoms with E-state index in [0.717, 1.165) is 46.9 Å². The number of hydrogen-bond donors (Lipinski definition) is 2. The van der Waals surface area contributed by atoms with Gasteiger partial charge in [-0.3, -0.25) is 0 Å². The van der Waals surface area contributed by atoms with E-state index in [1.807, 2.05) is 6.20 Å². The lowest BCUT2D eigenvalue weighted by molar-refractivity contribution is 0.192. The molecule has 4 N–H and O–H groups in total. The second-order valence-electron chi connectivity index (χ2n) is 9.59. The Balaban J connectivity index is 1.55. The molecule has 3 heterocycles. The third kappa shape index (κ3) is 5.02. The monoisotopic (exact) mass is 495 g/mol. The Kier molecular flexibility index (Phi) is 7.65. The molecule has 1 aromatic carbocycles. The standard InChI is InChI=1S/C27H37N5S2/c1-6-18(4)23-13-14-24(33-23)20(28)16-32(29)26(17(2)3)19(5)31-15-9-11-22(31)27-30-21-10-7-8-12-25(21)34-27/h7-8,10,12-14,16-18,22,26H,5-6,9,11,15,28-29H2,1-4H3/b20-16-. The highest BCUT2D eigenvalue weighted by Gasteiger charge is 2.34. The molecule has 1 aliphatic rings. The maximum absolute atomic E-state index is 6.64. The summed E-state index contributed by atoms with van der Waals surface area (Å²) in [7, 11) is 0. The van der Waals surface area contributed by atoms with Gasteiger partial charge in [0.1, 0.15) is 5.01 Å². The topological polar surface area (TPSA) is 71.4 Å². The summed E-state index contributed by atoms with van der Waals surface area (Å²) in [5.74, 6) is 7.46. The van der Waals surface area contributed by atoms with Gasteiger partial charge in [0, 0.05) is 23.3 Å². The van der Waals surface area contributed by atoms with Crippen molar-refractivity contribution in [3.8, 4) is 0 Å². The van der Waals surface area contributed by atoms with E-state index in [9.17, 15) is 0 Å². The van der Waals surface area contributed by atoms with Gasteiger partial charge < -0.3 is 15.6 Å². The van der Waals surface area contributed by atoms with Gasteiger partial charge in [-0.15, -0.1) is 22.7 Å². The van der Waals surface area contributed by atoms with Gasteiger partial charge in [-0.05, 0) is 55.4 Å². The van der Waals surface area contributed by atoms with E-state index in [1.54, 1.807) is 27.7 Å². The first-order valence-electron chi connectivity index (χ1n) is 12.2. The van der Waals surface area contributed by atoms with Crippen molar-refractivity contribution in [2.24, 2.45) is 17.5 Å². The Morgan fingerprint density at radius 1 is 1.24 bits per heavy atom. The van der Waals surface area contributed by atoms with Gasteiger partial charge in [0.2, 0.25) is 0 Å². The van der Waals surface area contributed by atoms with Crippen LogP contribution in [0.15, 0.2) is 54.9 Å². The molecule has 0 spiro atoms. The fraction of sp³-hybridized carbons (Fsp3) is 0.444. The Bertz CT molecular complexity index is 1130. The van der Waals surface area contributed by atoms with E-state index in [0.29, 0.717) is 11.6 Å². The minimum absolute atomic E-state index is 0.0532. The molecular formula is C27H37N5S2. The molecule has 1 fully saturated rings. The molecule has 182 valence electrons. The predicted octanol–water partition coefficient (Wildman–Crippen LogP) is 6.68. The molecule has 3 aromatic rings. The highest BCUT2D eigenvalue weighted by Crippen LogP contribution is 2.40. The minimum Gasteiger partial charge on any atom is -0.396 e. The first-order valence-corrected chi connectivity index (χ1v) is 13.8. The van der Waals surface area contributed by atoms with Crippen LogP contribution in [0.2, 0.25) is 0 Å². The maximum atomic E-state index is 6.64. The number of rotatable bonds is 9. The van der Waals surface area contributed by atoms with Crippen molar-refractivity contribution in [3.63, 3.8) is 0 Å². The van der Waals surface area contributed by atoms with E-state index in [2.05, 4.69) is 75.6 Å². The van der Waals surface area contributed by atoms with E-state index in [1.165, 1.54) is 9.58 Å². The Labute approximate surface area is 211 Å². The summed E-state index contributed by atoms with van der Waals surface area (Å²) in [4.78, 5) is 9.79. The Hall–Kier alpha value is -2.35. The molecule has 3 unspecified atom stereocenters. The lowest BCUT2D eigenvalue weighted by Crippen LogP contribution is -2.46. The van der Waals surface area contributed by atoms with Crippen LogP contribution in [0.25, 0.3) is 15.9 Å². The zero-order valence-electron chi connectivity index (χ0n) is 20.7. The molecular weight excluding hydrogens is 458 g/mol. The number of hydrazine groups is 1. The van der Waals surface area contributed by atoms with Crippen molar-refractivity contribution < 1.29 is 0 Å². The fourth-order valence-corrected chi connectivity index (χ4v) is 6.93. The van der Waals surface area contributed by atoms with Crippen molar-refractivity contribution in [1.29, 1.82) is 0 Å². The van der Waals surface area contributed by atoms with Gasteiger partial charge in [0.15, 0.2) is 0 Å². The van der Waals surface area contributed by atoms with E-state index in [-0.39, 0.29) is 18.0 Å². The van der Waals surface area contributed by atoms with Gasteiger partial charge in [-0.25, -0.2) is 10.8 Å². The highest BCUT2D eigenvalue weighted by atomic mass is 32.1. The molecule has 2 aromatic heterocycles. The first kappa shape index (κ1) is 24.8. The summed E-state index contributed by atoms with van der Waals surface area (Å²) in [5.41, 5.74) is 9.31. The summed E-state index contributed by atoms with van der Waals surface area (Å²) in [6.45, 7) is 14.4. The molecule has 1 saturated heterocycles. The van der Waals surface area contributed by atoms with E-state index < -0.39 is 0 Å². The smallest absolute Gasteiger partial charge is 0.116 e. The number of fused-ring (bicyclic) bond motifs is 1. The van der Waals surface area contributed by atoms with Gasteiger partial charge in [-0.1, -0.05) is 46.4 Å². The number of thiazole rings is 1. The largest absolute Gasteiger partial charge is 0.396 e. The van der Waals surface area contributed by atoms with Crippen molar-refractivity contribution >= 4 is 38.6 Å². The van der Waals surface area contributed by atoms with Gasteiger partial charge >= 0.3 is 0 Å². The summed E-state index contributed by atoms with van der Waals surface area (Å²) in [5, 5.41) is 2.93. The van der Waals surface area contributed by atoms with Crippen LogP contribution in [0.3, 0.4) is 0 Å². The number of thiophene rings is 1. The number of nitrogens with zero attached hydrogens (tertiary/aromatic N) is 3. The van der Waals surface area contributed by atoms with Gasteiger partial charge in [0.25, 0.3) is 0 Å². The van der Waals surface area contributed by atoms with Crippen molar-refractivity contribution in [3.05, 3.63) is 69.6 Å². The zero-order chi connectivity index (χ0) is 24.4.